The molecule has 1 fully saturated rings. The maximum absolute atomic E-state index is 12.7. The number of anilines is 2. The first-order chi connectivity index (χ1) is 14.5. The predicted molar refractivity (Wildman–Crippen MR) is 111 cm³/mol. The third-order valence-corrected chi connectivity index (χ3v) is 5.29. The highest BCUT2D eigenvalue weighted by Gasteiger charge is 2.26. The van der Waals surface area contributed by atoms with Crippen molar-refractivity contribution in [2.75, 3.05) is 23.3 Å². The van der Waals surface area contributed by atoms with Gasteiger partial charge in [0.05, 0.1) is 10.6 Å². The molecule has 0 bridgehead atoms. The van der Waals surface area contributed by atoms with Gasteiger partial charge in [-0.2, -0.15) is 0 Å². The number of nitro benzene ring substituents is 1. The van der Waals surface area contributed by atoms with Gasteiger partial charge in [-0.1, -0.05) is 6.07 Å². The van der Waals surface area contributed by atoms with E-state index in [0.29, 0.717) is 31.6 Å². The Morgan fingerprint density at radius 1 is 1.20 bits per heavy atom. The minimum atomic E-state index is -0.465. The van der Waals surface area contributed by atoms with E-state index >= 15 is 0 Å². The minimum Gasteiger partial charge on any atom is -0.356 e. The Bertz CT molecular complexity index is 1060. The quantitative estimate of drug-likeness (QED) is 0.510. The van der Waals surface area contributed by atoms with Crippen LogP contribution < -0.4 is 10.2 Å². The van der Waals surface area contributed by atoms with Crippen molar-refractivity contribution in [3.63, 3.8) is 0 Å². The van der Waals surface area contributed by atoms with E-state index in [-0.39, 0.29) is 17.5 Å². The summed E-state index contributed by atoms with van der Waals surface area (Å²) >= 11 is 0. The fraction of sp³-hybridized carbons (Fsp3) is 0.300. The maximum atomic E-state index is 12.7. The van der Waals surface area contributed by atoms with Crippen molar-refractivity contribution >= 4 is 23.1 Å². The summed E-state index contributed by atoms with van der Waals surface area (Å²) in [6.45, 7) is 3.19. The molecule has 0 atom stereocenters. The van der Waals surface area contributed by atoms with Gasteiger partial charge in [0.2, 0.25) is 5.91 Å². The first-order valence-corrected chi connectivity index (χ1v) is 9.62. The van der Waals surface area contributed by atoms with E-state index in [1.165, 1.54) is 18.5 Å². The van der Waals surface area contributed by atoms with Crippen LogP contribution in [0.2, 0.25) is 0 Å². The SMILES string of the molecule is Cc1ccc([N+](=O)[O-])cc1NC(=O)C1CCN(c2cc(-n3ccnc3)ncn2)CC1. The predicted octanol–water partition coefficient (Wildman–Crippen LogP) is 2.73. The summed E-state index contributed by atoms with van der Waals surface area (Å²) in [7, 11) is 0. The molecule has 2 aromatic heterocycles. The second kappa shape index (κ2) is 8.27. The molecule has 4 rings (SSSR count). The molecule has 0 spiro atoms. The molecule has 30 heavy (non-hydrogen) atoms. The Morgan fingerprint density at radius 3 is 2.67 bits per heavy atom. The molecular weight excluding hydrogens is 386 g/mol. The Kier molecular flexibility index (Phi) is 5.38. The van der Waals surface area contributed by atoms with E-state index < -0.39 is 4.92 Å². The van der Waals surface area contributed by atoms with E-state index in [4.69, 9.17) is 0 Å². The van der Waals surface area contributed by atoms with Crippen molar-refractivity contribution in [2.45, 2.75) is 19.8 Å². The lowest BCUT2D eigenvalue weighted by atomic mass is 9.95. The molecule has 0 aliphatic carbocycles. The molecule has 10 nitrogen and oxygen atoms in total. The summed E-state index contributed by atoms with van der Waals surface area (Å²) in [4.78, 5) is 38.0. The van der Waals surface area contributed by atoms with Gasteiger partial charge in [0.25, 0.3) is 5.69 Å². The second-order valence-electron chi connectivity index (χ2n) is 7.21. The summed E-state index contributed by atoms with van der Waals surface area (Å²) in [5.74, 6) is 1.27. The normalized spacial score (nSPS) is 14.5. The zero-order chi connectivity index (χ0) is 21.1. The third kappa shape index (κ3) is 4.12. The molecule has 3 heterocycles. The number of rotatable bonds is 5. The molecule has 0 unspecified atom stereocenters. The number of hydrogen-bond donors (Lipinski definition) is 1. The van der Waals surface area contributed by atoms with Gasteiger partial charge in [-0.05, 0) is 25.3 Å². The van der Waals surface area contributed by atoms with Crippen molar-refractivity contribution in [2.24, 2.45) is 5.92 Å². The van der Waals surface area contributed by atoms with Crippen molar-refractivity contribution in [1.82, 2.24) is 19.5 Å². The Morgan fingerprint density at radius 2 is 1.97 bits per heavy atom. The fourth-order valence-corrected chi connectivity index (χ4v) is 3.51. The van der Waals surface area contributed by atoms with Crippen LogP contribution in [-0.4, -0.2) is 43.4 Å². The van der Waals surface area contributed by atoms with E-state index in [2.05, 4.69) is 25.2 Å². The summed E-state index contributed by atoms with van der Waals surface area (Å²) < 4.78 is 1.81. The van der Waals surface area contributed by atoms with Crippen LogP contribution in [0.25, 0.3) is 5.82 Å². The molecule has 10 heteroatoms. The van der Waals surface area contributed by atoms with Gasteiger partial charge < -0.3 is 10.2 Å². The standard InChI is InChI=1S/C20H21N7O3/c1-14-2-3-16(27(29)30)10-17(14)24-20(28)15-4-7-25(8-5-15)18-11-19(23-12-22-18)26-9-6-21-13-26/h2-3,6,9-13,15H,4-5,7-8H2,1H3,(H,24,28). The topological polar surface area (TPSA) is 119 Å². The highest BCUT2D eigenvalue weighted by Crippen LogP contribution is 2.26. The van der Waals surface area contributed by atoms with Gasteiger partial charge in [0, 0.05) is 49.6 Å². The second-order valence-corrected chi connectivity index (χ2v) is 7.21. The highest BCUT2D eigenvalue weighted by molar-refractivity contribution is 5.93. The molecule has 1 amide bonds. The van der Waals surface area contributed by atoms with Crippen LogP contribution in [0.4, 0.5) is 17.2 Å². The van der Waals surface area contributed by atoms with Gasteiger partial charge >= 0.3 is 0 Å². The zero-order valence-electron chi connectivity index (χ0n) is 16.4. The van der Waals surface area contributed by atoms with Gasteiger partial charge in [0.15, 0.2) is 0 Å². The van der Waals surface area contributed by atoms with Gasteiger partial charge in [-0.3, -0.25) is 19.5 Å². The average molecular weight is 407 g/mol. The van der Waals surface area contributed by atoms with E-state index in [9.17, 15) is 14.9 Å². The van der Waals surface area contributed by atoms with Crippen molar-refractivity contribution in [1.29, 1.82) is 0 Å². The number of carbonyl (C=O) groups excluding carboxylic acids is 1. The number of nitro groups is 1. The number of nitrogens with one attached hydrogen (secondary N) is 1. The Labute approximate surface area is 172 Å². The number of benzene rings is 1. The highest BCUT2D eigenvalue weighted by atomic mass is 16.6. The number of amides is 1. The monoisotopic (exact) mass is 407 g/mol. The minimum absolute atomic E-state index is 0.0387. The Hall–Kier alpha value is -3.82. The fourth-order valence-electron chi connectivity index (χ4n) is 3.51. The molecule has 0 radical (unpaired) electrons. The average Bonchev–Trinajstić information content (AvgIpc) is 3.30. The molecule has 0 saturated carbocycles. The van der Waals surface area contributed by atoms with E-state index in [0.717, 1.165) is 17.2 Å². The number of hydrogen-bond acceptors (Lipinski definition) is 7. The van der Waals surface area contributed by atoms with Gasteiger partial charge in [-0.15, -0.1) is 0 Å². The number of carbonyl (C=O) groups is 1. The third-order valence-electron chi connectivity index (χ3n) is 5.29. The lowest BCUT2D eigenvalue weighted by Gasteiger charge is -2.32. The van der Waals surface area contributed by atoms with Crippen LogP contribution in [0, 0.1) is 23.0 Å². The van der Waals surface area contributed by atoms with Crippen LogP contribution in [0.1, 0.15) is 18.4 Å². The van der Waals surface area contributed by atoms with Crippen molar-refractivity contribution < 1.29 is 9.72 Å². The van der Waals surface area contributed by atoms with Crippen LogP contribution in [0.5, 0.6) is 0 Å². The molecule has 1 N–H and O–H groups in total. The molecule has 1 aromatic carbocycles. The summed E-state index contributed by atoms with van der Waals surface area (Å²) in [6, 6.07) is 6.38. The number of nitrogens with zero attached hydrogens (tertiary/aromatic N) is 6. The molecule has 3 aromatic rings. The molecule has 1 aliphatic heterocycles. The first kappa shape index (κ1) is 19.5. The first-order valence-electron chi connectivity index (χ1n) is 9.62. The summed E-state index contributed by atoms with van der Waals surface area (Å²) in [5.41, 5.74) is 1.24. The molecule has 1 aliphatic rings. The molecule has 1 saturated heterocycles. The van der Waals surface area contributed by atoms with Crippen molar-refractivity contribution in [3.05, 3.63) is 65.0 Å². The van der Waals surface area contributed by atoms with Crippen LogP contribution >= 0.6 is 0 Å². The number of aromatic nitrogens is 4. The maximum Gasteiger partial charge on any atom is 0.271 e. The Balaban J connectivity index is 1.39. The van der Waals surface area contributed by atoms with E-state index in [1.807, 2.05) is 23.8 Å². The molecular formula is C20H21N7O3. The smallest absolute Gasteiger partial charge is 0.271 e. The lowest BCUT2D eigenvalue weighted by molar-refractivity contribution is -0.384. The van der Waals surface area contributed by atoms with Crippen molar-refractivity contribution in [3.8, 4) is 5.82 Å². The molecule has 154 valence electrons. The lowest BCUT2D eigenvalue weighted by Crippen LogP contribution is -2.38. The van der Waals surface area contributed by atoms with Gasteiger partial charge in [0.1, 0.15) is 24.3 Å². The number of imidazole rings is 1. The van der Waals surface area contributed by atoms with Crippen LogP contribution in [0.3, 0.4) is 0 Å². The van der Waals surface area contributed by atoms with E-state index in [1.54, 1.807) is 18.6 Å². The summed E-state index contributed by atoms with van der Waals surface area (Å²) in [6.07, 6.45) is 8.05. The zero-order valence-corrected chi connectivity index (χ0v) is 16.4. The number of aryl methyl sites for hydroxylation is 1. The number of non-ortho nitro benzene ring substituents is 1. The number of piperidine rings is 1. The van der Waals surface area contributed by atoms with Crippen LogP contribution in [-0.2, 0) is 4.79 Å². The van der Waals surface area contributed by atoms with Crippen LogP contribution in [0.15, 0.2) is 49.3 Å². The van der Waals surface area contributed by atoms with Gasteiger partial charge in [-0.25, -0.2) is 15.0 Å². The largest absolute Gasteiger partial charge is 0.356 e. The summed E-state index contributed by atoms with van der Waals surface area (Å²) in [5, 5.41) is 13.9.